The molecule has 0 aromatic heterocycles. The lowest BCUT2D eigenvalue weighted by Gasteiger charge is -2.58. The fourth-order valence-corrected chi connectivity index (χ4v) is 19.0. The second kappa shape index (κ2) is 22.5. The van der Waals surface area contributed by atoms with Gasteiger partial charge in [0.15, 0.2) is 0 Å². The van der Waals surface area contributed by atoms with Gasteiger partial charge in [0.2, 0.25) is 11.8 Å². The summed E-state index contributed by atoms with van der Waals surface area (Å²) >= 11 is 0. The highest BCUT2D eigenvalue weighted by Gasteiger charge is 2.61. The second-order valence-electron chi connectivity index (χ2n) is 28.3. The maximum Gasteiger partial charge on any atom is 0.328 e. The van der Waals surface area contributed by atoms with Crippen LogP contribution in [0.4, 0.5) is 0 Å². The van der Waals surface area contributed by atoms with Crippen molar-refractivity contribution in [1.29, 1.82) is 0 Å². The van der Waals surface area contributed by atoms with Crippen molar-refractivity contribution in [3.8, 4) is 0 Å². The van der Waals surface area contributed by atoms with E-state index < -0.39 is 24.0 Å². The Hall–Kier alpha value is -2.64. The van der Waals surface area contributed by atoms with Crippen molar-refractivity contribution in [3.05, 3.63) is 23.3 Å². The second-order valence-corrected chi connectivity index (χ2v) is 28.3. The third-order valence-electron chi connectivity index (χ3n) is 23.1. The van der Waals surface area contributed by atoms with Crippen LogP contribution < -0.4 is 10.6 Å². The SMILES string of the molecule is CC(C)CCC[C@@H](C)[C@H]1CC[C@H]2[C@@H]3CC=C4C[C@@H](OC(=O)[C@@H](C)NC(=O)CCC(=O)N[C@H](C)C(=O)O[C@H]5CC[C@@]6(C)C(=CC[C@H]7[C@@H]8CC[C@H]([C@H](C)CCCC(C)C)[C@@]8(C)CC[C@@H]76)C5)CC[C@]4(C)[C@H]3CC[C@]12C. The van der Waals surface area contributed by atoms with Crippen molar-refractivity contribution < 1.29 is 28.7 Å². The highest BCUT2D eigenvalue weighted by atomic mass is 16.5. The van der Waals surface area contributed by atoms with E-state index in [1.807, 2.05) is 0 Å². The van der Waals surface area contributed by atoms with Gasteiger partial charge >= 0.3 is 11.9 Å². The molecular weight excluding hydrogens is 893 g/mol. The molecule has 0 bridgehead atoms. The van der Waals surface area contributed by atoms with Crippen molar-refractivity contribution in [1.82, 2.24) is 10.6 Å². The van der Waals surface area contributed by atoms with Crippen LogP contribution in [-0.2, 0) is 28.7 Å². The van der Waals surface area contributed by atoms with Crippen LogP contribution >= 0.6 is 0 Å². The first-order chi connectivity index (χ1) is 34.1. The molecule has 0 aliphatic heterocycles. The van der Waals surface area contributed by atoms with E-state index in [2.05, 4.69) is 92.0 Å². The highest BCUT2D eigenvalue weighted by molar-refractivity contribution is 5.89. The number of rotatable bonds is 19. The zero-order chi connectivity index (χ0) is 51.9. The lowest BCUT2D eigenvalue weighted by atomic mass is 9.47. The minimum Gasteiger partial charge on any atom is -0.461 e. The van der Waals surface area contributed by atoms with E-state index in [1.165, 1.54) is 101 Å². The van der Waals surface area contributed by atoms with E-state index in [0.29, 0.717) is 22.7 Å². The van der Waals surface area contributed by atoms with Gasteiger partial charge in [-0.1, -0.05) is 131 Å². The van der Waals surface area contributed by atoms with Crippen LogP contribution in [0.3, 0.4) is 0 Å². The van der Waals surface area contributed by atoms with E-state index in [4.69, 9.17) is 9.47 Å². The number of fused-ring (bicyclic) bond motifs is 10. The third kappa shape index (κ3) is 11.3. The molecule has 406 valence electrons. The Kier molecular flexibility index (Phi) is 17.4. The summed E-state index contributed by atoms with van der Waals surface area (Å²) < 4.78 is 12.2. The van der Waals surface area contributed by atoms with Crippen LogP contribution in [0.15, 0.2) is 23.3 Å². The Labute approximate surface area is 438 Å². The normalized spacial score (nSPS) is 39.6. The molecule has 8 aliphatic carbocycles. The first kappa shape index (κ1) is 55.6. The average molecular weight is 998 g/mol. The number of carbonyl (C=O) groups is 4. The van der Waals surface area contributed by atoms with E-state index in [9.17, 15) is 19.2 Å². The molecule has 0 aromatic rings. The van der Waals surface area contributed by atoms with Gasteiger partial charge in [-0.15, -0.1) is 0 Å². The molecule has 18 atom stereocenters. The van der Waals surface area contributed by atoms with Gasteiger partial charge in [-0.05, 0) is 196 Å². The average Bonchev–Trinajstić information content (AvgIpc) is 3.87. The predicted octanol–water partition coefficient (Wildman–Crippen LogP) is 14.7. The van der Waals surface area contributed by atoms with Crippen LogP contribution in [0, 0.1) is 92.7 Å². The van der Waals surface area contributed by atoms with Crippen LogP contribution in [0.5, 0.6) is 0 Å². The molecule has 72 heavy (non-hydrogen) atoms. The quantitative estimate of drug-likeness (QED) is 0.0985. The minimum absolute atomic E-state index is 0.0875. The molecule has 8 nitrogen and oxygen atoms in total. The first-order valence-electron chi connectivity index (χ1n) is 30.5. The fraction of sp³-hybridized carbons (Fsp3) is 0.875. The molecule has 2 amide bonds. The molecule has 6 saturated carbocycles. The van der Waals surface area contributed by atoms with E-state index in [1.54, 1.807) is 13.8 Å². The van der Waals surface area contributed by atoms with Gasteiger partial charge in [0, 0.05) is 25.7 Å². The number of ether oxygens (including phenoxy) is 2. The third-order valence-corrected chi connectivity index (χ3v) is 23.1. The summed E-state index contributed by atoms with van der Waals surface area (Å²) in [5.74, 6) is 7.82. The summed E-state index contributed by atoms with van der Waals surface area (Å²) in [4.78, 5) is 52.8. The molecule has 0 aromatic carbocycles. The molecule has 2 N–H and O–H groups in total. The lowest BCUT2D eigenvalue weighted by Crippen LogP contribution is -2.51. The molecule has 8 aliphatic rings. The van der Waals surface area contributed by atoms with Crippen LogP contribution in [0.2, 0.25) is 0 Å². The first-order valence-corrected chi connectivity index (χ1v) is 30.5. The molecule has 0 heterocycles. The van der Waals surface area contributed by atoms with Gasteiger partial charge in [-0.2, -0.15) is 0 Å². The molecule has 0 radical (unpaired) electrons. The topological polar surface area (TPSA) is 111 Å². The highest BCUT2D eigenvalue weighted by Crippen LogP contribution is 2.69. The van der Waals surface area contributed by atoms with Gasteiger partial charge in [0.1, 0.15) is 24.3 Å². The summed E-state index contributed by atoms with van der Waals surface area (Å²) in [6, 6.07) is -1.64. The number of carbonyl (C=O) groups excluding carboxylic acids is 4. The molecule has 0 saturated heterocycles. The standard InChI is InChI=1S/C64H104N2O6/c1-39(2)15-13-17-41(5)51-23-25-53-49-21-19-45-37-47(29-33-61(45,9)55(49)31-35-63(51,53)11)71-59(69)43(7)65-57(67)27-28-58(68)66-44(8)60(70)72-48-30-34-62(10)46(38-48)20-22-50-54-26-24-52(42(6)18-14-16-40(3)4)64(54,12)36-32-56(50)62/h19-20,39-44,47-56H,13-18,21-38H2,1-12H3,(H,65,67)(H,66,68)/t41-,42-,43-,44-,47+,48+,49+,50+,51-,52-,53+,54+,55+,56+,61+,62+,63-,64-/m1/s1. The molecule has 6 fully saturated rings. The van der Waals surface area contributed by atoms with Crippen molar-refractivity contribution >= 4 is 23.8 Å². The fourth-order valence-electron chi connectivity index (χ4n) is 19.0. The summed E-state index contributed by atoms with van der Waals surface area (Å²) in [7, 11) is 0. The van der Waals surface area contributed by atoms with Gasteiger partial charge in [0.05, 0.1) is 0 Å². The van der Waals surface area contributed by atoms with Crippen molar-refractivity contribution in [3.63, 3.8) is 0 Å². The Morgan fingerprint density at radius 3 is 1.28 bits per heavy atom. The van der Waals surface area contributed by atoms with Gasteiger partial charge in [-0.3, -0.25) is 9.59 Å². The Bertz CT molecular complexity index is 1870. The smallest absolute Gasteiger partial charge is 0.328 e. The molecule has 8 rings (SSSR count). The summed E-state index contributed by atoms with van der Waals surface area (Å²) in [5, 5.41) is 5.55. The minimum atomic E-state index is -0.819. The number of amides is 2. The molecule has 0 spiro atoms. The summed E-state index contributed by atoms with van der Waals surface area (Å²) in [5.41, 5.74) is 4.22. The van der Waals surface area contributed by atoms with Crippen LogP contribution in [0.25, 0.3) is 0 Å². The lowest BCUT2D eigenvalue weighted by molar-refractivity contribution is -0.155. The van der Waals surface area contributed by atoms with Crippen molar-refractivity contribution in [2.24, 2.45) is 92.7 Å². The van der Waals surface area contributed by atoms with E-state index in [0.717, 1.165) is 111 Å². The van der Waals surface area contributed by atoms with Crippen molar-refractivity contribution in [2.45, 2.75) is 261 Å². The van der Waals surface area contributed by atoms with Crippen LogP contribution in [0.1, 0.15) is 237 Å². The van der Waals surface area contributed by atoms with Crippen LogP contribution in [-0.4, -0.2) is 48.0 Å². The zero-order valence-electron chi connectivity index (χ0n) is 47.8. The predicted molar refractivity (Wildman–Crippen MR) is 290 cm³/mol. The number of hydrogen-bond donors (Lipinski definition) is 2. The number of nitrogens with one attached hydrogen (secondary N) is 2. The molecule has 0 unspecified atom stereocenters. The zero-order valence-corrected chi connectivity index (χ0v) is 47.8. The maximum atomic E-state index is 13.4. The monoisotopic (exact) mass is 997 g/mol. The Balaban J connectivity index is 0.740. The van der Waals surface area contributed by atoms with Gasteiger partial charge in [-0.25, -0.2) is 9.59 Å². The number of esters is 2. The number of allylic oxidation sites excluding steroid dienone is 2. The number of hydrogen-bond acceptors (Lipinski definition) is 6. The molecular formula is C64H104N2O6. The van der Waals surface area contributed by atoms with E-state index >= 15 is 0 Å². The Morgan fingerprint density at radius 1 is 0.514 bits per heavy atom. The van der Waals surface area contributed by atoms with Crippen molar-refractivity contribution in [2.75, 3.05) is 0 Å². The summed E-state index contributed by atoms with van der Waals surface area (Å²) in [6.45, 7) is 28.2. The van der Waals surface area contributed by atoms with Gasteiger partial charge in [0.25, 0.3) is 0 Å². The Morgan fingerprint density at radius 2 is 0.903 bits per heavy atom. The van der Waals surface area contributed by atoms with E-state index in [-0.39, 0.29) is 47.7 Å². The van der Waals surface area contributed by atoms with Gasteiger partial charge < -0.3 is 20.1 Å². The molecule has 8 heteroatoms. The summed E-state index contributed by atoms with van der Waals surface area (Å²) in [6.07, 6.45) is 31.2. The maximum absolute atomic E-state index is 13.4. The largest absolute Gasteiger partial charge is 0.461 e.